The van der Waals surface area contributed by atoms with Crippen molar-refractivity contribution < 1.29 is 14.6 Å². The van der Waals surface area contributed by atoms with Gasteiger partial charge in [0.25, 0.3) is 0 Å². The molecule has 4 nitrogen and oxygen atoms in total. The fraction of sp³-hybridized carbons (Fsp3) is 0.625. The molecule has 0 aromatic heterocycles. The number of benzene rings is 1. The maximum absolute atomic E-state index is 9.39. The normalized spacial score (nSPS) is 20.0. The van der Waals surface area contributed by atoms with Crippen molar-refractivity contribution in [2.24, 2.45) is 5.92 Å². The molecular formula is C16H25NO3. The Hall–Kier alpha value is -1.42. The quantitative estimate of drug-likeness (QED) is 0.869. The van der Waals surface area contributed by atoms with Crippen LogP contribution >= 0.6 is 0 Å². The smallest absolute Gasteiger partial charge is 0.124 e. The van der Waals surface area contributed by atoms with Crippen LogP contribution in [0.25, 0.3) is 0 Å². The van der Waals surface area contributed by atoms with Crippen LogP contribution in [0.5, 0.6) is 11.5 Å². The van der Waals surface area contributed by atoms with Crippen molar-refractivity contribution in [2.75, 3.05) is 32.2 Å². The fourth-order valence-electron chi connectivity index (χ4n) is 2.75. The second-order valence-electron chi connectivity index (χ2n) is 5.60. The van der Waals surface area contributed by atoms with E-state index in [2.05, 4.69) is 17.0 Å². The molecule has 1 aromatic carbocycles. The number of nitrogens with zero attached hydrogens (tertiary/aromatic N) is 1. The van der Waals surface area contributed by atoms with Crippen LogP contribution in [-0.4, -0.2) is 38.5 Å². The van der Waals surface area contributed by atoms with Gasteiger partial charge in [0.15, 0.2) is 0 Å². The molecule has 1 fully saturated rings. The topological polar surface area (TPSA) is 41.9 Å². The van der Waals surface area contributed by atoms with E-state index in [9.17, 15) is 5.11 Å². The van der Waals surface area contributed by atoms with Crippen LogP contribution in [0.1, 0.15) is 26.2 Å². The lowest BCUT2D eigenvalue weighted by Gasteiger charge is -2.20. The number of anilines is 1. The van der Waals surface area contributed by atoms with Crippen molar-refractivity contribution in [1.29, 1.82) is 0 Å². The van der Waals surface area contributed by atoms with Gasteiger partial charge in [0.2, 0.25) is 0 Å². The van der Waals surface area contributed by atoms with Crippen molar-refractivity contribution in [3.05, 3.63) is 18.2 Å². The van der Waals surface area contributed by atoms with Crippen LogP contribution in [0.2, 0.25) is 0 Å². The molecule has 0 amide bonds. The van der Waals surface area contributed by atoms with Gasteiger partial charge in [0.05, 0.1) is 20.3 Å². The standard InChI is InChI=1S/C16H25NO3/c1-12(18)4-5-13-6-7-17(11-13)14-8-15(19-2)10-16(9-14)20-3/h8-10,12-13,18H,4-7,11H2,1-3H3. The van der Waals surface area contributed by atoms with Gasteiger partial charge in [0, 0.05) is 37.0 Å². The highest BCUT2D eigenvalue weighted by atomic mass is 16.5. The second-order valence-corrected chi connectivity index (χ2v) is 5.60. The molecule has 20 heavy (non-hydrogen) atoms. The molecule has 1 heterocycles. The highest BCUT2D eigenvalue weighted by Gasteiger charge is 2.23. The summed E-state index contributed by atoms with van der Waals surface area (Å²) in [5.41, 5.74) is 1.15. The molecule has 1 aliphatic rings. The van der Waals surface area contributed by atoms with Crippen LogP contribution in [0.15, 0.2) is 18.2 Å². The molecule has 2 atom stereocenters. The van der Waals surface area contributed by atoms with Crippen molar-refractivity contribution >= 4 is 5.69 Å². The third-order valence-corrected chi connectivity index (χ3v) is 3.98. The lowest BCUT2D eigenvalue weighted by molar-refractivity contribution is 0.175. The first-order valence-corrected chi connectivity index (χ1v) is 7.28. The van der Waals surface area contributed by atoms with E-state index in [1.165, 1.54) is 6.42 Å². The van der Waals surface area contributed by atoms with E-state index in [-0.39, 0.29) is 6.10 Å². The number of hydrogen-bond donors (Lipinski definition) is 1. The maximum atomic E-state index is 9.39. The molecule has 1 aliphatic heterocycles. The van der Waals surface area contributed by atoms with Crippen molar-refractivity contribution in [3.8, 4) is 11.5 Å². The summed E-state index contributed by atoms with van der Waals surface area (Å²) >= 11 is 0. The highest BCUT2D eigenvalue weighted by Crippen LogP contribution is 2.32. The summed E-state index contributed by atoms with van der Waals surface area (Å²) in [6.07, 6.45) is 2.97. The molecule has 0 radical (unpaired) electrons. The van der Waals surface area contributed by atoms with Gasteiger partial charge in [-0.3, -0.25) is 0 Å². The van der Waals surface area contributed by atoms with E-state index in [1.54, 1.807) is 14.2 Å². The van der Waals surface area contributed by atoms with Gasteiger partial charge >= 0.3 is 0 Å². The molecule has 0 aliphatic carbocycles. The highest BCUT2D eigenvalue weighted by molar-refractivity contribution is 5.56. The minimum atomic E-state index is -0.194. The van der Waals surface area contributed by atoms with Gasteiger partial charge < -0.3 is 19.5 Å². The van der Waals surface area contributed by atoms with Gasteiger partial charge in [-0.05, 0) is 32.1 Å². The first-order valence-electron chi connectivity index (χ1n) is 7.28. The van der Waals surface area contributed by atoms with Crippen LogP contribution in [0.4, 0.5) is 5.69 Å². The zero-order chi connectivity index (χ0) is 14.5. The Balaban J connectivity index is 2.02. The van der Waals surface area contributed by atoms with E-state index in [4.69, 9.17) is 9.47 Å². The zero-order valence-corrected chi connectivity index (χ0v) is 12.6. The van der Waals surface area contributed by atoms with Crippen molar-refractivity contribution in [2.45, 2.75) is 32.3 Å². The lowest BCUT2D eigenvalue weighted by atomic mass is 10.0. The van der Waals surface area contributed by atoms with Gasteiger partial charge in [-0.2, -0.15) is 0 Å². The van der Waals surface area contributed by atoms with Crippen molar-refractivity contribution in [3.63, 3.8) is 0 Å². The van der Waals surface area contributed by atoms with Gasteiger partial charge in [-0.25, -0.2) is 0 Å². The lowest BCUT2D eigenvalue weighted by Crippen LogP contribution is -2.20. The first-order chi connectivity index (χ1) is 9.62. The molecule has 1 saturated heterocycles. The monoisotopic (exact) mass is 279 g/mol. The second kappa shape index (κ2) is 6.84. The number of aliphatic hydroxyl groups is 1. The third kappa shape index (κ3) is 3.79. The Labute approximate surface area is 121 Å². The summed E-state index contributed by atoms with van der Waals surface area (Å²) in [6.45, 7) is 3.96. The molecule has 0 saturated carbocycles. The first kappa shape index (κ1) is 15.0. The average Bonchev–Trinajstić information content (AvgIpc) is 2.93. The van der Waals surface area contributed by atoms with E-state index in [0.717, 1.165) is 43.1 Å². The number of aliphatic hydroxyl groups excluding tert-OH is 1. The number of hydrogen-bond acceptors (Lipinski definition) is 4. The van der Waals surface area contributed by atoms with Crippen LogP contribution in [0.3, 0.4) is 0 Å². The minimum absolute atomic E-state index is 0.194. The fourth-order valence-corrected chi connectivity index (χ4v) is 2.75. The molecule has 1 N–H and O–H groups in total. The summed E-state index contributed by atoms with van der Waals surface area (Å²) < 4.78 is 10.6. The Morgan fingerprint density at radius 1 is 1.25 bits per heavy atom. The van der Waals surface area contributed by atoms with Crippen LogP contribution < -0.4 is 14.4 Å². The molecular weight excluding hydrogens is 254 g/mol. The van der Waals surface area contributed by atoms with E-state index in [1.807, 2.05) is 13.0 Å². The van der Waals surface area contributed by atoms with E-state index < -0.39 is 0 Å². The maximum Gasteiger partial charge on any atom is 0.124 e. The largest absolute Gasteiger partial charge is 0.497 e. The van der Waals surface area contributed by atoms with Gasteiger partial charge in [-0.15, -0.1) is 0 Å². The molecule has 0 spiro atoms. The predicted octanol–water partition coefficient (Wildman–Crippen LogP) is 2.69. The molecule has 2 unspecified atom stereocenters. The van der Waals surface area contributed by atoms with Crippen molar-refractivity contribution in [1.82, 2.24) is 0 Å². The molecule has 112 valence electrons. The summed E-state index contributed by atoms with van der Waals surface area (Å²) in [4.78, 5) is 2.37. The summed E-state index contributed by atoms with van der Waals surface area (Å²) in [5.74, 6) is 2.32. The van der Waals surface area contributed by atoms with E-state index >= 15 is 0 Å². The average molecular weight is 279 g/mol. The Kier molecular flexibility index (Phi) is 5.12. The Morgan fingerprint density at radius 2 is 1.90 bits per heavy atom. The predicted molar refractivity (Wildman–Crippen MR) is 80.8 cm³/mol. The van der Waals surface area contributed by atoms with Crippen LogP contribution in [0, 0.1) is 5.92 Å². The van der Waals surface area contributed by atoms with Gasteiger partial charge in [-0.1, -0.05) is 0 Å². The summed E-state index contributed by atoms with van der Waals surface area (Å²) in [7, 11) is 3.35. The van der Waals surface area contributed by atoms with Gasteiger partial charge in [0.1, 0.15) is 11.5 Å². The zero-order valence-electron chi connectivity index (χ0n) is 12.6. The van der Waals surface area contributed by atoms with E-state index in [0.29, 0.717) is 5.92 Å². The van der Waals surface area contributed by atoms with Crippen LogP contribution in [-0.2, 0) is 0 Å². The number of rotatable bonds is 6. The Bertz CT molecular complexity index is 411. The number of ether oxygens (including phenoxy) is 2. The Morgan fingerprint density at radius 3 is 2.45 bits per heavy atom. The number of methoxy groups -OCH3 is 2. The summed E-state index contributed by atoms with van der Waals surface area (Å²) in [5, 5.41) is 9.39. The molecule has 0 bridgehead atoms. The molecule has 4 heteroatoms. The SMILES string of the molecule is COc1cc(OC)cc(N2CCC(CCC(C)O)C2)c1. The molecule has 1 aromatic rings. The third-order valence-electron chi connectivity index (χ3n) is 3.98. The summed E-state index contributed by atoms with van der Waals surface area (Å²) in [6, 6.07) is 6.00. The molecule has 2 rings (SSSR count). The minimum Gasteiger partial charge on any atom is -0.497 e.